The summed E-state index contributed by atoms with van der Waals surface area (Å²) >= 11 is 11.8. The van der Waals surface area contributed by atoms with Gasteiger partial charge in [-0.2, -0.15) is 0 Å². The van der Waals surface area contributed by atoms with Gasteiger partial charge in [-0.3, -0.25) is 4.79 Å². The molecule has 2 aromatic carbocycles. The van der Waals surface area contributed by atoms with Crippen LogP contribution in [0.2, 0.25) is 10.0 Å². The molecule has 2 aromatic rings. The Kier molecular flexibility index (Phi) is 6.40. The van der Waals surface area contributed by atoms with Crippen molar-refractivity contribution in [2.24, 2.45) is 0 Å². The maximum Gasteiger partial charge on any atom is 0.226 e. The van der Waals surface area contributed by atoms with Crippen LogP contribution in [-0.4, -0.2) is 20.6 Å². The molecule has 1 amide bonds. The van der Waals surface area contributed by atoms with Crippen molar-refractivity contribution in [1.82, 2.24) is 4.72 Å². The molecular weight excluding hydrogens is 390 g/mol. The minimum atomic E-state index is -3.58. The van der Waals surface area contributed by atoms with Gasteiger partial charge in [-0.1, -0.05) is 35.3 Å². The van der Waals surface area contributed by atoms with E-state index in [1.807, 2.05) is 0 Å². The van der Waals surface area contributed by atoms with Gasteiger partial charge in [-0.15, -0.1) is 0 Å². The van der Waals surface area contributed by atoms with Crippen LogP contribution in [0.4, 0.5) is 10.1 Å². The van der Waals surface area contributed by atoms with Crippen molar-refractivity contribution in [1.29, 1.82) is 0 Å². The molecule has 0 saturated heterocycles. The molecule has 1 atom stereocenters. The lowest BCUT2D eigenvalue weighted by Gasteiger charge is -2.18. The molecule has 0 heterocycles. The summed E-state index contributed by atoms with van der Waals surface area (Å²) in [7, 11) is -3.58. The largest absolute Gasteiger partial charge is 0.325 e. The first-order valence-corrected chi connectivity index (χ1v) is 9.76. The third kappa shape index (κ3) is 6.28. The number of halogens is 3. The normalized spacial score (nSPS) is 12.6. The number of hydrogen-bond donors (Lipinski definition) is 2. The number of hydrogen-bond acceptors (Lipinski definition) is 3. The van der Waals surface area contributed by atoms with Gasteiger partial charge in [0.1, 0.15) is 5.82 Å². The van der Waals surface area contributed by atoms with Crippen LogP contribution in [0.25, 0.3) is 0 Å². The molecular formula is C16H15Cl2FN2O3S. The summed E-state index contributed by atoms with van der Waals surface area (Å²) in [6, 6.07) is 8.96. The number of amides is 1. The van der Waals surface area contributed by atoms with E-state index in [2.05, 4.69) is 10.0 Å². The molecule has 0 aliphatic carbocycles. The van der Waals surface area contributed by atoms with E-state index < -0.39 is 27.8 Å². The highest BCUT2D eigenvalue weighted by atomic mass is 35.5. The molecule has 0 aliphatic rings. The minimum absolute atomic E-state index is 0.197. The highest BCUT2D eigenvalue weighted by Crippen LogP contribution is 2.26. The van der Waals surface area contributed by atoms with Gasteiger partial charge >= 0.3 is 0 Å². The zero-order valence-corrected chi connectivity index (χ0v) is 15.4. The quantitative estimate of drug-likeness (QED) is 0.769. The Labute approximate surface area is 155 Å². The lowest BCUT2D eigenvalue weighted by Crippen LogP contribution is -2.30. The summed E-state index contributed by atoms with van der Waals surface area (Å²) in [5.74, 6) is -0.922. The fourth-order valence-electron chi connectivity index (χ4n) is 2.16. The number of carbonyl (C=O) groups excluding carboxylic acids is 1. The van der Waals surface area contributed by atoms with Crippen LogP contribution in [0, 0.1) is 5.82 Å². The smallest absolute Gasteiger partial charge is 0.226 e. The van der Waals surface area contributed by atoms with Crippen LogP contribution >= 0.6 is 23.2 Å². The summed E-state index contributed by atoms with van der Waals surface area (Å²) < 4.78 is 38.6. The van der Waals surface area contributed by atoms with E-state index in [-0.39, 0.29) is 11.4 Å². The molecule has 0 unspecified atom stereocenters. The lowest BCUT2D eigenvalue weighted by atomic mass is 10.0. The molecule has 2 rings (SSSR count). The molecule has 25 heavy (non-hydrogen) atoms. The van der Waals surface area contributed by atoms with Crippen molar-refractivity contribution in [2.75, 3.05) is 11.6 Å². The van der Waals surface area contributed by atoms with Crippen LogP contribution in [0.5, 0.6) is 0 Å². The SMILES string of the molecule is CS(=O)(=O)N[C@H](CC(=O)Nc1ccc(Cl)cc1Cl)c1ccc(F)cc1. The first kappa shape index (κ1) is 19.7. The molecule has 0 spiro atoms. The van der Waals surface area contributed by atoms with Crippen LogP contribution in [-0.2, 0) is 14.8 Å². The van der Waals surface area contributed by atoms with E-state index in [1.165, 1.54) is 30.3 Å². The standard InChI is InChI=1S/C16H15Cl2FN2O3S/c1-25(23,24)21-15(10-2-5-12(19)6-3-10)9-16(22)20-14-7-4-11(17)8-13(14)18/h2-8,15,21H,9H2,1H3,(H,20,22)/t15-/m1/s1. The number of benzene rings is 2. The third-order valence-electron chi connectivity index (χ3n) is 3.22. The van der Waals surface area contributed by atoms with Crippen LogP contribution in [0.15, 0.2) is 42.5 Å². The summed E-state index contributed by atoms with van der Waals surface area (Å²) in [5, 5.41) is 3.28. The lowest BCUT2D eigenvalue weighted by molar-refractivity contribution is -0.116. The van der Waals surface area contributed by atoms with Gasteiger partial charge in [0, 0.05) is 11.4 Å². The molecule has 9 heteroatoms. The number of anilines is 1. The van der Waals surface area contributed by atoms with E-state index in [1.54, 1.807) is 12.1 Å². The van der Waals surface area contributed by atoms with Gasteiger partial charge in [0.2, 0.25) is 15.9 Å². The number of sulfonamides is 1. The number of carbonyl (C=O) groups is 1. The first-order chi connectivity index (χ1) is 11.6. The maximum absolute atomic E-state index is 13.1. The van der Waals surface area contributed by atoms with E-state index in [0.29, 0.717) is 16.3 Å². The first-order valence-electron chi connectivity index (χ1n) is 7.12. The Bertz CT molecular complexity index is 873. The van der Waals surface area contributed by atoms with E-state index in [4.69, 9.17) is 23.2 Å². The molecule has 0 saturated carbocycles. The fraction of sp³-hybridized carbons (Fsp3) is 0.188. The van der Waals surface area contributed by atoms with Gasteiger partial charge in [0.25, 0.3) is 0 Å². The molecule has 0 aromatic heterocycles. The van der Waals surface area contributed by atoms with Crippen molar-refractivity contribution in [3.63, 3.8) is 0 Å². The van der Waals surface area contributed by atoms with Crippen LogP contribution in [0.3, 0.4) is 0 Å². The topological polar surface area (TPSA) is 75.3 Å². The van der Waals surface area contributed by atoms with Crippen molar-refractivity contribution >= 4 is 44.8 Å². The predicted octanol–water partition coefficient (Wildman–Crippen LogP) is 3.75. The van der Waals surface area contributed by atoms with Crippen molar-refractivity contribution in [3.05, 3.63) is 63.9 Å². The van der Waals surface area contributed by atoms with Crippen LogP contribution in [0.1, 0.15) is 18.0 Å². The predicted molar refractivity (Wildman–Crippen MR) is 96.8 cm³/mol. The second kappa shape index (κ2) is 8.14. The molecule has 0 radical (unpaired) electrons. The average molecular weight is 405 g/mol. The molecule has 5 nitrogen and oxygen atoms in total. The summed E-state index contributed by atoms with van der Waals surface area (Å²) in [6.45, 7) is 0. The fourth-order valence-corrected chi connectivity index (χ4v) is 3.35. The van der Waals surface area contributed by atoms with Gasteiger partial charge in [0.15, 0.2) is 0 Å². The summed E-state index contributed by atoms with van der Waals surface area (Å²) in [6.07, 6.45) is 0.787. The summed E-state index contributed by atoms with van der Waals surface area (Å²) in [5.41, 5.74) is 0.817. The van der Waals surface area contributed by atoms with Crippen molar-refractivity contribution in [3.8, 4) is 0 Å². The molecule has 134 valence electrons. The minimum Gasteiger partial charge on any atom is -0.325 e. The van der Waals surface area contributed by atoms with Gasteiger partial charge in [0.05, 0.1) is 23.0 Å². The monoisotopic (exact) mass is 404 g/mol. The zero-order chi connectivity index (χ0) is 18.6. The summed E-state index contributed by atoms with van der Waals surface area (Å²) in [4.78, 5) is 12.3. The maximum atomic E-state index is 13.1. The van der Waals surface area contributed by atoms with E-state index >= 15 is 0 Å². The van der Waals surface area contributed by atoms with Crippen molar-refractivity contribution in [2.45, 2.75) is 12.5 Å². The van der Waals surface area contributed by atoms with E-state index in [0.717, 1.165) is 6.26 Å². The van der Waals surface area contributed by atoms with Gasteiger partial charge in [-0.05, 0) is 35.9 Å². The van der Waals surface area contributed by atoms with Gasteiger partial charge in [-0.25, -0.2) is 17.5 Å². The Hall–Kier alpha value is -1.67. The molecule has 0 fully saturated rings. The molecule has 2 N–H and O–H groups in total. The Morgan fingerprint density at radius 3 is 2.36 bits per heavy atom. The highest BCUT2D eigenvalue weighted by Gasteiger charge is 2.20. The number of rotatable bonds is 6. The Morgan fingerprint density at radius 2 is 1.80 bits per heavy atom. The third-order valence-corrected chi connectivity index (χ3v) is 4.48. The Morgan fingerprint density at radius 1 is 1.16 bits per heavy atom. The Balaban J connectivity index is 2.17. The second-order valence-corrected chi connectivity index (χ2v) is 7.99. The number of nitrogens with one attached hydrogen (secondary N) is 2. The molecule has 0 bridgehead atoms. The van der Waals surface area contributed by atoms with E-state index in [9.17, 15) is 17.6 Å². The zero-order valence-electron chi connectivity index (χ0n) is 13.1. The van der Waals surface area contributed by atoms with Crippen LogP contribution < -0.4 is 10.0 Å². The highest BCUT2D eigenvalue weighted by molar-refractivity contribution is 7.88. The molecule has 0 aliphatic heterocycles. The van der Waals surface area contributed by atoms with Gasteiger partial charge < -0.3 is 5.32 Å². The van der Waals surface area contributed by atoms with Crippen molar-refractivity contribution < 1.29 is 17.6 Å². The average Bonchev–Trinajstić information content (AvgIpc) is 2.49. The second-order valence-electron chi connectivity index (χ2n) is 5.37.